The van der Waals surface area contributed by atoms with Crippen molar-refractivity contribution in [2.24, 2.45) is 24.3 Å². The molecule has 0 unspecified atom stereocenters. The first-order chi connectivity index (χ1) is 13.9. The van der Waals surface area contributed by atoms with E-state index in [2.05, 4.69) is 43.2 Å². The van der Waals surface area contributed by atoms with Crippen molar-refractivity contribution in [3.05, 3.63) is 52.4 Å². The fourth-order valence-electron chi connectivity index (χ4n) is 6.54. The van der Waals surface area contributed by atoms with Gasteiger partial charge in [-0.1, -0.05) is 13.0 Å². The van der Waals surface area contributed by atoms with Crippen LogP contribution in [0.4, 0.5) is 0 Å². The van der Waals surface area contributed by atoms with E-state index < -0.39 is 0 Å². The Morgan fingerprint density at radius 1 is 1.31 bits per heavy atom. The number of nitrogens with zero attached hydrogens (tertiary/aromatic N) is 2. The fraction of sp³-hybridized carbons (Fsp3) is 0.560. The summed E-state index contributed by atoms with van der Waals surface area (Å²) in [7, 11) is 3.72. The van der Waals surface area contributed by atoms with Crippen molar-refractivity contribution >= 4 is 6.08 Å². The summed E-state index contributed by atoms with van der Waals surface area (Å²) in [6.07, 6.45) is 9.42. The van der Waals surface area contributed by atoms with Crippen molar-refractivity contribution in [3.8, 4) is 5.75 Å². The topological polar surface area (TPSA) is 47.3 Å². The highest BCUT2D eigenvalue weighted by molar-refractivity contribution is 5.57. The lowest BCUT2D eigenvalue weighted by molar-refractivity contribution is -0.0158. The van der Waals surface area contributed by atoms with E-state index in [1.807, 2.05) is 17.9 Å². The smallest absolute Gasteiger partial charge is 0.119 e. The minimum Gasteiger partial charge on any atom is -0.497 e. The lowest BCUT2D eigenvalue weighted by Crippen LogP contribution is -2.44. The van der Waals surface area contributed by atoms with E-state index in [-0.39, 0.29) is 11.5 Å². The molecule has 0 amide bonds. The van der Waals surface area contributed by atoms with E-state index in [4.69, 9.17) is 4.74 Å². The Morgan fingerprint density at radius 2 is 2.14 bits per heavy atom. The monoisotopic (exact) mass is 392 g/mol. The maximum absolute atomic E-state index is 11.3. The molecule has 0 spiro atoms. The summed E-state index contributed by atoms with van der Waals surface area (Å²) in [5.41, 5.74) is 6.49. The van der Waals surface area contributed by atoms with Crippen molar-refractivity contribution in [1.82, 2.24) is 9.78 Å². The molecule has 2 aromatic rings. The van der Waals surface area contributed by atoms with Crippen molar-refractivity contribution in [2.75, 3.05) is 7.11 Å². The Hall–Kier alpha value is -2.07. The first kappa shape index (κ1) is 18.9. The molecule has 0 aliphatic heterocycles. The molecule has 0 saturated heterocycles. The summed E-state index contributed by atoms with van der Waals surface area (Å²) >= 11 is 0. The highest BCUT2D eigenvalue weighted by atomic mass is 16.5. The van der Waals surface area contributed by atoms with Crippen LogP contribution in [0.2, 0.25) is 0 Å². The third-order valence-corrected chi connectivity index (χ3v) is 8.42. The zero-order valence-electron chi connectivity index (χ0n) is 18.0. The standard InChI is InChI=1S/C25H32N2O2/c1-15-18(14-26-27(15)3)11-17-13-23-22-7-5-16-12-19(29-4)6-8-20(16)21(22)9-10-25(23,2)24(17)28/h6,8,11-12,14,21-24,28H,5,7,9-10,13H2,1-4H3/b17-11+/t21-,22-,23-,24+,25-/m0/s1. The second-order valence-corrected chi connectivity index (χ2v) is 9.66. The van der Waals surface area contributed by atoms with Crippen LogP contribution < -0.4 is 4.74 Å². The lowest BCUT2D eigenvalue weighted by Gasteiger charge is -2.49. The van der Waals surface area contributed by atoms with Crippen LogP contribution in [0.25, 0.3) is 6.08 Å². The molecule has 1 aromatic carbocycles. The molecule has 1 N–H and O–H groups in total. The molecule has 5 rings (SSSR count). The predicted molar refractivity (Wildman–Crippen MR) is 115 cm³/mol. The summed E-state index contributed by atoms with van der Waals surface area (Å²) in [5, 5.41) is 15.7. The molecule has 2 saturated carbocycles. The van der Waals surface area contributed by atoms with Crippen LogP contribution in [-0.4, -0.2) is 28.1 Å². The minimum atomic E-state index is -0.342. The van der Waals surface area contributed by atoms with Crippen LogP contribution in [0, 0.1) is 24.2 Å². The number of aromatic nitrogens is 2. The fourth-order valence-corrected chi connectivity index (χ4v) is 6.54. The number of aliphatic hydroxyl groups is 1. The third-order valence-electron chi connectivity index (χ3n) is 8.42. The van der Waals surface area contributed by atoms with Crippen molar-refractivity contribution in [1.29, 1.82) is 0 Å². The number of rotatable bonds is 2. The number of hydrogen-bond acceptors (Lipinski definition) is 3. The van der Waals surface area contributed by atoms with E-state index >= 15 is 0 Å². The van der Waals surface area contributed by atoms with Gasteiger partial charge < -0.3 is 9.84 Å². The quantitative estimate of drug-likeness (QED) is 0.809. The molecule has 1 aromatic heterocycles. The van der Waals surface area contributed by atoms with Gasteiger partial charge in [0.2, 0.25) is 0 Å². The Morgan fingerprint density at radius 3 is 2.86 bits per heavy atom. The SMILES string of the molecule is COc1ccc2c(c1)CC[C@H]1[C@H]2CC[C@]2(C)[C@H](O)/C(=C/c3cnn(C)c3C)C[C@@H]12. The summed E-state index contributed by atoms with van der Waals surface area (Å²) in [5.74, 6) is 2.80. The Labute approximate surface area is 173 Å². The number of aryl methyl sites for hydroxylation is 2. The Balaban J connectivity index is 1.48. The highest BCUT2D eigenvalue weighted by Gasteiger charge is 2.56. The molecule has 3 aliphatic rings. The van der Waals surface area contributed by atoms with Crippen molar-refractivity contribution in [3.63, 3.8) is 0 Å². The second kappa shape index (κ2) is 6.73. The second-order valence-electron chi connectivity index (χ2n) is 9.66. The van der Waals surface area contributed by atoms with Crippen LogP contribution >= 0.6 is 0 Å². The van der Waals surface area contributed by atoms with E-state index in [0.717, 1.165) is 36.3 Å². The molecule has 2 fully saturated rings. The largest absolute Gasteiger partial charge is 0.497 e. The molecule has 154 valence electrons. The highest BCUT2D eigenvalue weighted by Crippen LogP contribution is 2.62. The molecule has 5 atom stereocenters. The maximum atomic E-state index is 11.3. The number of fused-ring (bicyclic) bond motifs is 5. The van der Waals surface area contributed by atoms with Gasteiger partial charge in [0.1, 0.15) is 5.75 Å². The summed E-state index contributed by atoms with van der Waals surface area (Å²) in [4.78, 5) is 0. The van der Waals surface area contributed by atoms with Crippen molar-refractivity contribution < 1.29 is 9.84 Å². The average molecular weight is 393 g/mol. The molecule has 4 nitrogen and oxygen atoms in total. The van der Waals surface area contributed by atoms with Crippen LogP contribution in [-0.2, 0) is 13.5 Å². The lowest BCUT2D eigenvalue weighted by atomic mass is 9.55. The van der Waals surface area contributed by atoms with Gasteiger partial charge in [-0.2, -0.15) is 5.10 Å². The first-order valence-corrected chi connectivity index (χ1v) is 11.0. The summed E-state index contributed by atoms with van der Waals surface area (Å²) in [6.45, 7) is 4.43. The van der Waals surface area contributed by atoms with Gasteiger partial charge in [-0.3, -0.25) is 4.68 Å². The number of ether oxygens (including phenoxy) is 1. The van der Waals surface area contributed by atoms with E-state index in [9.17, 15) is 5.11 Å². The first-order valence-electron chi connectivity index (χ1n) is 11.0. The van der Waals surface area contributed by atoms with Gasteiger partial charge in [0.25, 0.3) is 0 Å². The molecule has 4 heteroatoms. The zero-order chi connectivity index (χ0) is 20.3. The van der Waals surface area contributed by atoms with Crippen molar-refractivity contribution in [2.45, 2.75) is 58.0 Å². The van der Waals surface area contributed by atoms with Crippen LogP contribution in [0.3, 0.4) is 0 Å². The minimum absolute atomic E-state index is 0.00686. The summed E-state index contributed by atoms with van der Waals surface area (Å²) < 4.78 is 7.36. The average Bonchev–Trinajstić information content (AvgIpc) is 3.18. The third kappa shape index (κ3) is 2.79. The van der Waals surface area contributed by atoms with E-state index in [1.165, 1.54) is 29.5 Å². The normalized spacial score (nSPS) is 34.6. The Kier molecular flexibility index (Phi) is 4.39. The zero-order valence-corrected chi connectivity index (χ0v) is 18.0. The number of hydrogen-bond donors (Lipinski definition) is 1. The molecule has 3 aliphatic carbocycles. The van der Waals surface area contributed by atoms with Gasteiger partial charge in [0.05, 0.1) is 19.4 Å². The predicted octanol–water partition coefficient (Wildman–Crippen LogP) is 4.65. The molecule has 29 heavy (non-hydrogen) atoms. The molecule has 1 heterocycles. The molecular weight excluding hydrogens is 360 g/mol. The summed E-state index contributed by atoms with van der Waals surface area (Å²) in [6, 6.07) is 6.66. The van der Waals surface area contributed by atoms with Gasteiger partial charge in [0, 0.05) is 23.7 Å². The molecular formula is C25H32N2O2. The van der Waals surface area contributed by atoms with Crippen LogP contribution in [0.5, 0.6) is 5.75 Å². The van der Waals surface area contributed by atoms with Gasteiger partial charge in [-0.05, 0) is 91.7 Å². The number of methoxy groups -OCH3 is 1. The van der Waals surface area contributed by atoms with E-state index in [0.29, 0.717) is 17.8 Å². The van der Waals surface area contributed by atoms with Gasteiger partial charge in [-0.25, -0.2) is 0 Å². The number of benzene rings is 1. The van der Waals surface area contributed by atoms with Crippen LogP contribution in [0.1, 0.15) is 60.9 Å². The van der Waals surface area contributed by atoms with E-state index in [1.54, 1.807) is 7.11 Å². The molecule has 0 radical (unpaired) electrons. The van der Waals surface area contributed by atoms with Crippen LogP contribution in [0.15, 0.2) is 30.0 Å². The maximum Gasteiger partial charge on any atom is 0.119 e. The van der Waals surface area contributed by atoms with Gasteiger partial charge in [-0.15, -0.1) is 0 Å². The van der Waals surface area contributed by atoms with Gasteiger partial charge >= 0.3 is 0 Å². The number of aliphatic hydroxyl groups excluding tert-OH is 1. The Bertz CT molecular complexity index is 975. The molecule has 0 bridgehead atoms. The van der Waals surface area contributed by atoms with Gasteiger partial charge in [0.15, 0.2) is 0 Å².